The van der Waals surface area contributed by atoms with Crippen LogP contribution in [0.3, 0.4) is 0 Å². The van der Waals surface area contributed by atoms with Crippen molar-refractivity contribution in [1.82, 2.24) is 5.32 Å². The number of aliphatic hydroxyl groups is 1. The fourth-order valence-electron chi connectivity index (χ4n) is 2.93. The molecule has 0 saturated heterocycles. The number of aliphatic hydroxyl groups excluding tert-OH is 1. The standard InChI is InChI=1S/C17H27NO/c1-17(2,9-4-10-19)13-18-12-14-7-8-15-5-3-6-16(15)11-14/h7-8,11,18-19H,3-6,9-10,12-13H2,1-2H3. The van der Waals surface area contributed by atoms with Gasteiger partial charge in [-0.1, -0.05) is 32.0 Å². The maximum atomic E-state index is 8.90. The lowest BCUT2D eigenvalue weighted by atomic mass is 9.88. The highest BCUT2D eigenvalue weighted by atomic mass is 16.2. The largest absolute Gasteiger partial charge is 0.396 e. The predicted molar refractivity (Wildman–Crippen MR) is 80.3 cm³/mol. The van der Waals surface area contributed by atoms with Gasteiger partial charge in [-0.2, -0.15) is 0 Å². The quantitative estimate of drug-likeness (QED) is 0.790. The minimum absolute atomic E-state index is 0.263. The summed E-state index contributed by atoms with van der Waals surface area (Å²) in [6.45, 7) is 6.78. The van der Waals surface area contributed by atoms with Gasteiger partial charge in [0.05, 0.1) is 0 Å². The van der Waals surface area contributed by atoms with Crippen LogP contribution in [0.5, 0.6) is 0 Å². The zero-order valence-corrected chi connectivity index (χ0v) is 12.3. The van der Waals surface area contributed by atoms with Crippen LogP contribution in [-0.2, 0) is 19.4 Å². The van der Waals surface area contributed by atoms with Crippen LogP contribution in [-0.4, -0.2) is 18.3 Å². The summed E-state index contributed by atoms with van der Waals surface area (Å²) >= 11 is 0. The monoisotopic (exact) mass is 261 g/mol. The molecule has 0 bridgehead atoms. The van der Waals surface area contributed by atoms with Crippen molar-refractivity contribution in [2.24, 2.45) is 5.41 Å². The third kappa shape index (κ3) is 4.32. The molecule has 0 aliphatic heterocycles. The molecule has 1 aromatic rings. The lowest BCUT2D eigenvalue weighted by Gasteiger charge is -2.24. The number of hydrogen-bond donors (Lipinski definition) is 2. The van der Waals surface area contributed by atoms with E-state index in [2.05, 4.69) is 37.4 Å². The Labute approximate surface area is 117 Å². The van der Waals surface area contributed by atoms with Gasteiger partial charge in [-0.05, 0) is 54.2 Å². The number of aryl methyl sites for hydroxylation is 2. The first kappa shape index (κ1) is 14.5. The summed E-state index contributed by atoms with van der Waals surface area (Å²) < 4.78 is 0. The van der Waals surface area contributed by atoms with Crippen molar-refractivity contribution in [3.8, 4) is 0 Å². The maximum absolute atomic E-state index is 8.90. The fourth-order valence-corrected chi connectivity index (χ4v) is 2.93. The van der Waals surface area contributed by atoms with Crippen molar-refractivity contribution in [2.75, 3.05) is 13.2 Å². The van der Waals surface area contributed by atoms with Gasteiger partial charge >= 0.3 is 0 Å². The Bertz CT molecular complexity index is 412. The zero-order chi connectivity index (χ0) is 13.7. The van der Waals surface area contributed by atoms with Crippen LogP contribution in [0.4, 0.5) is 0 Å². The van der Waals surface area contributed by atoms with E-state index >= 15 is 0 Å². The molecule has 0 spiro atoms. The van der Waals surface area contributed by atoms with Gasteiger partial charge in [-0.3, -0.25) is 0 Å². The zero-order valence-electron chi connectivity index (χ0n) is 12.3. The summed E-state index contributed by atoms with van der Waals surface area (Å²) in [7, 11) is 0. The SMILES string of the molecule is CC(C)(CCCO)CNCc1ccc2c(c1)CCC2. The molecule has 19 heavy (non-hydrogen) atoms. The Balaban J connectivity index is 1.79. The second kappa shape index (κ2) is 6.53. The molecule has 0 aromatic heterocycles. The first-order valence-corrected chi connectivity index (χ1v) is 7.53. The summed E-state index contributed by atoms with van der Waals surface area (Å²) in [4.78, 5) is 0. The van der Waals surface area contributed by atoms with Gasteiger partial charge in [0.1, 0.15) is 0 Å². The molecule has 1 aromatic carbocycles. The molecule has 0 unspecified atom stereocenters. The normalized spacial score (nSPS) is 14.7. The summed E-state index contributed by atoms with van der Waals surface area (Å²) in [6, 6.07) is 6.93. The first-order chi connectivity index (χ1) is 9.11. The number of rotatable bonds is 7. The molecule has 0 heterocycles. The van der Waals surface area contributed by atoms with E-state index < -0.39 is 0 Å². The second-order valence-corrected chi connectivity index (χ2v) is 6.55. The van der Waals surface area contributed by atoms with Gasteiger partial charge in [0.25, 0.3) is 0 Å². The van der Waals surface area contributed by atoms with E-state index in [1.807, 2.05) is 0 Å². The fraction of sp³-hybridized carbons (Fsp3) is 0.647. The molecule has 106 valence electrons. The minimum Gasteiger partial charge on any atom is -0.396 e. The van der Waals surface area contributed by atoms with Crippen molar-refractivity contribution < 1.29 is 5.11 Å². The van der Waals surface area contributed by atoms with Crippen molar-refractivity contribution in [2.45, 2.75) is 52.5 Å². The highest BCUT2D eigenvalue weighted by Gasteiger charge is 2.16. The molecule has 0 amide bonds. The molecule has 0 fully saturated rings. The molecule has 2 heteroatoms. The summed E-state index contributed by atoms with van der Waals surface area (Å²) in [5, 5.41) is 12.5. The van der Waals surface area contributed by atoms with E-state index in [9.17, 15) is 0 Å². The van der Waals surface area contributed by atoms with Gasteiger partial charge in [0.2, 0.25) is 0 Å². The summed E-state index contributed by atoms with van der Waals surface area (Å²) in [5.74, 6) is 0. The van der Waals surface area contributed by atoms with Crippen molar-refractivity contribution in [3.05, 3.63) is 34.9 Å². The van der Waals surface area contributed by atoms with E-state index in [0.717, 1.165) is 25.9 Å². The maximum Gasteiger partial charge on any atom is 0.0431 e. The minimum atomic E-state index is 0.263. The second-order valence-electron chi connectivity index (χ2n) is 6.55. The smallest absolute Gasteiger partial charge is 0.0431 e. The Hall–Kier alpha value is -0.860. The van der Waals surface area contributed by atoms with E-state index in [1.165, 1.54) is 24.8 Å². The molecular formula is C17H27NO. The Morgan fingerprint density at radius 2 is 2.00 bits per heavy atom. The molecule has 0 saturated carbocycles. The molecule has 2 N–H and O–H groups in total. The summed E-state index contributed by atoms with van der Waals surface area (Å²) in [6.07, 6.45) is 5.80. The molecule has 1 aliphatic rings. The molecule has 1 aliphatic carbocycles. The number of hydrogen-bond acceptors (Lipinski definition) is 2. The molecule has 0 atom stereocenters. The number of nitrogens with one attached hydrogen (secondary N) is 1. The van der Waals surface area contributed by atoms with Gasteiger partial charge in [0, 0.05) is 19.7 Å². The van der Waals surface area contributed by atoms with Crippen LogP contribution in [0.25, 0.3) is 0 Å². The Morgan fingerprint density at radius 1 is 1.21 bits per heavy atom. The highest BCUT2D eigenvalue weighted by Crippen LogP contribution is 2.23. The van der Waals surface area contributed by atoms with Crippen LogP contribution < -0.4 is 5.32 Å². The van der Waals surface area contributed by atoms with Gasteiger partial charge in [0.15, 0.2) is 0 Å². The number of fused-ring (bicyclic) bond motifs is 1. The van der Waals surface area contributed by atoms with Crippen molar-refractivity contribution >= 4 is 0 Å². The average molecular weight is 261 g/mol. The van der Waals surface area contributed by atoms with Gasteiger partial charge < -0.3 is 10.4 Å². The van der Waals surface area contributed by atoms with E-state index in [1.54, 1.807) is 11.1 Å². The molecule has 2 rings (SSSR count). The molecule has 2 nitrogen and oxygen atoms in total. The van der Waals surface area contributed by atoms with Crippen LogP contribution >= 0.6 is 0 Å². The first-order valence-electron chi connectivity index (χ1n) is 7.53. The van der Waals surface area contributed by atoms with Crippen LogP contribution in [0.1, 0.15) is 49.8 Å². The van der Waals surface area contributed by atoms with Crippen molar-refractivity contribution in [1.29, 1.82) is 0 Å². The highest BCUT2D eigenvalue weighted by molar-refractivity contribution is 5.35. The third-order valence-corrected chi connectivity index (χ3v) is 4.11. The average Bonchev–Trinajstić information content (AvgIpc) is 2.83. The Kier molecular flexibility index (Phi) is 5.00. The third-order valence-electron chi connectivity index (χ3n) is 4.11. The molecule has 0 radical (unpaired) electrons. The predicted octanol–water partition coefficient (Wildman–Crippen LogP) is 3.06. The van der Waals surface area contributed by atoms with Crippen LogP contribution in [0.2, 0.25) is 0 Å². The van der Waals surface area contributed by atoms with Gasteiger partial charge in [-0.15, -0.1) is 0 Å². The molecular weight excluding hydrogens is 234 g/mol. The lowest BCUT2D eigenvalue weighted by molar-refractivity contribution is 0.236. The van der Waals surface area contributed by atoms with Crippen LogP contribution in [0, 0.1) is 5.41 Å². The topological polar surface area (TPSA) is 32.3 Å². The Morgan fingerprint density at radius 3 is 2.79 bits per heavy atom. The van der Waals surface area contributed by atoms with Gasteiger partial charge in [-0.25, -0.2) is 0 Å². The lowest BCUT2D eigenvalue weighted by Crippen LogP contribution is -2.29. The van der Waals surface area contributed by atoms with Crippen LogP contribution in [0.15, 0.2) is 18.2 Å². The number of benzene rings is 1. The summed E-state index contributed by atoms with van der Waals surface area (Å²) in [5.41, 5.74) is 4.77. The van der Waals surface area contributed by atoms with Crippen molar-refractivity contribution in [3.63, 3.8) is 0 Å². The van der Waals surface area contributed by atoms with E-state index in [4.69, 9.17) is 5.11 Å². The van der Waals surface area contributed by atoms with E-state index in [0.29, 0.717) is 6.61 Å². The van der Waals surface area contributed by atoms with E-state index in [-0.39, 0.29) is 5.41 Å².